The molecular formula is C41H64N8O11S3. The second-order valence-electron chi connectivity index (χ2n) is 14.8. The lowest BCUT2D eigenvalue weighted by atomic mass is 10.0. The number of unbranched alkanes of at least 4 members (excludes halogenated alkanes) is 3. The predicted molar refractivity (Wildman–Crippen MR) is 245 cm³/mol. The lowest BCUT2D eigenvalue weighted by Crippen LogP contribution is -2.59. The number of carboxylic acid groups (broad SMARTS) is 1. The van der Waals surface area contributed by atoms with Crippen molar-refractivity contribution in [2.75, 3.05) is 30.1 Å². The largest absolute Gasteiger partial charge is 0.481 e. The molecule has 0 radical (unpaired) electrons. The number of ketones is 1. The summed E-state index contributed by atoms with van der Waals surface area (Å²) >= 11 is 9.66. The molecule has 63 heavy (non-hydrogen) atoms. The van der Waals surface area contributed by atoms with Gasteiger partial charge in [-0.3, -0.25) is 47.9 Å². The molecule has 0 aromatic heterocycles. The highest BCUT2D eigenvalue weighted by atomic mass is 32.2. The van der Waals surface area contributed by atoms with E-state index in [1.807, 2.05) is 13.8 Å². The molecule has 0 saturated heterocycles. The van der Waals surface area contributed by atoms with E-state index in [0.29, 0.717) is 31.2 Å². The molecule has 1 aromatic rings. The van der Waals surface area contributed by atoms with E-state index >= 15 is 0 Å². The Morgan fingerprint density at radius 3 is 1.60 bits per heavy atom. The number of aliphatic carboxylic acids is 1. The van der Waals surface area contributed by atoms with Crippen molar-refractivity contribution in [1.29, 1.82) is 0 Å². The van der Waals surface area contributed by atoms with Crippen LogP contribution in [0.3, 0.4) is 0 Å². The summed E-state index contributed by atoms with van der Waals surface area (Å²) in [5.41, 5.74) is 0.678. The average molecular weight is 941 g/mol. The SMILES string of the molecule is CCCCC[C@H](NC(=O)CSC)C(=O)N[C@@H](CS)C(=O)N[C@@H](CCCC)C(=O)NCC(=O)N[C@@H](CC(=O)O)C(=O)N[C@@H](CS)C(=O)N[C@@H](Cc1ccccc1)C(=O)N[C@@H](C)C(C)=O. The van der Waals surface area contributed by atoms with E-state index in [1.165, 1.54) is 25.6 Å². The predicted octanol–water partition coefficient (Wildman–Crippen LogP) is -0.184. The minimum Gasteiger partial charge on any atom is -0.481 e. The molecule has 19 nitrogen and oxygen atoms in total. The summed E-state index contributed by atoms with van der Waals surface area (Å²) in [6.07, 6.45) is 4.86. The zero-order chi connectivity index (χ0) is 47.5. The Hall–Kier alpha value is -4.83. The molecule has 1 rings (SSSR count). The summed E-state index contributed by atoms with van der Waals surface area (Å²) in [5, 5.41) is 29.5. The van der Waals surface area contributed by atoms with Gasteiger partial charge in [0.25, 0.3) is 0 Å². The van der Waals surface area contributed by atoms with Crippen LogP contribution in [0.2, 0.25) is 0 Å². The van der Waals surface area contributed by atoms with E-state index < -0.39 is 103 Å². The highest BCUT2D eigenvalue weighted by molar-refractivity contribution is 7.99. The molecule has 7 atom stereocenters. The Bertz CT molecular complexity index is 1710. The van der Waals surface area contributed by atoms with Crippen LogP contribution in [0.15, 0.2) is 30.3 Å². The standard InChI is InChI=1S/C41H64N8O11S3/c1-6-8-11-17-28(44-34(52)23-63-5)37(56)48-31(21-61)40(59)46-27(16-9-7-2)36(55)42-20-33(51)45-30(19-35(53)54)39(58)49-32(22-62)41(60)47-29(18-26-14-12-10-13-15-26)38(57)43-24(3)25(4)50/h10,12-15,24,27-32,61-62H,6-9,11,16-23H2,1-5H3,(H,42,55)(H,43,57)(H,44,52)(H,45,51)(H,46,59)(H,47,60)(H,48,56)(H,49,58)(H,53,54)/t24-,27-,28-,29-,30-,31-,32-/m0/s1. The average Bonchev–Trinajstić information content (AvgIpc) is 3.24. The normalized spacial score (nSPS) is 14.1. The van der Waals surface area contributed by atoms with Gasteiger partial charge in [-0.25, -0.2) is 0 Å². The van der Waals surface area contributed by atoms with Crippen molar-refractivity contribution >= 4 is 96.0 Å². The van der Waals surface area contributed by atoms with Gasteiger partial charge in [0.2, 0.25) is 47.3 Å². The van der Waals surface area contributed by atoms with Crippen LogP contribution in [0.25, 0.3) is 0 Å². The Balaban J connectivity index is 3.05. The first-order valence-electron chi connectivity index (χ1n) is 20.8. The van der Waals surface area contributed by atoms with E-state index in [9.17, 15) is 53.1 Å². The second kappa shape index (κ2) is 31.1. The maximum Gasteiger partial charge on any atom is 0.305 e. The van der Waals surface area contributed by atoms with Crippen LogP contribution in [0.5, 0.6) is 0 Å². The van der Waals surface area contributed by atoms with E-state index in [0.717, 1.165) is 12.8 Å². The third-order valence-electron chi connectivity index (χ3n) is 9.47. The van der Waals surface area contributed by atoms with Gasteiger partial charge in [0.1, 0.15) is 36.3 Å². The topological polar surface area (TPSA) is 287 Å². The van der Waals surface area contributed by atoms with Crippen LogP contribution < -0.4 is 42.5 Å². The molecule has 22 heteroatoms. The van der Waals surface area contributed by atoms with Gasteiger partial charge >= 0.3 is 5.97 Å². The third-order valence-corrected chi connectivity index (χ3v) is 10.8. The number of thiol groups is 2. The van der Waals surface area contributed by atoms with Gasteiger partial charge in [0.15, 0.2) is 5.78 Å². The first-order valence-corrected chi connectivity index (χ1v) is 23.4. The van der Waals surface area contributed by atoms with Gasteiger partial charge < -0.3 is 47.6 Å². The van der Waals surface area contributed by atoms with Gasteiger partial charge in [0.05, 0.1) is 24.8 Å². The molecule has 0 spiro atoms. The number of nitrogens with one attached hydrogen (secondary N) is 8. The lowest BCUT2D eigenvalue weighted by Gasteiger charge is -2.25. The number of hydrogen-bond acceptors (Lipinski definition) is 13. The van der Waals surface area contributed by atoms with Gasteiger partial charge in [-0.2, -0.15) is 37.0 Å². The third kappa shape index (κ3) is 22.4. The fourth-order valence-electron chi connectivity index (χ4n) is 5.78. The molecule has 9 N–H and O–H groups in total. The number of thioether (sulfide) groups is 1. The Kier molecular flexibility index (Phi) is 27.7. The molecule has 0 fully saturated rings. The van der Waals surface area contributed by atoms with Gasteiger partial charge in [-0.15, -0.1) is 0 Å². The summed E-state index contributed by atoms with van der Waals surface area (Å²) in [4.78, 5) is 129. The number of hydrogen-bond donors (Lipinski definition) is 11. The number of carboxylic acids is 1. The van der Waals surface area contributed by atoms with E-state index in [-0.39, 0.29) is 41.8 Å². The van der Waals surface area contributed by atoms with Crippen molar-refractivity contribution in [3.8, 4) is 0 Å². The van der Waals surface area contributed by atoms with E-state index in [1.54, 1.807) is 36.6 Å². The van der Waals surface area contributed by atoms with Crippen molar-refractivity contribution in [2.24, 2.45) is 0 Å². The van der Waals surface area contributed by atoms with Gasteiger partial charge in [-0.05, 0) is 38.5 Å². The van der Waals surface area contributed by atoms with E-state index in [4.69, 9.17) is 0 Å². The Labute approximate surface area is 383 Å². The summed E-state index contributed by atoms with van der Waals surface area (Å²) in [6.45, 7) is 5.89. The van der Waals surface area contributed by atoms with Crippen molar-refractivity contribution in [2.45, 2.75) is 128 Å². The molecule has 8 amide bonds. The van der Waals surface area contributed by atoms with Crippen molar-refractivity contribution < 1.29 is 53.1 Å². The molecule has 0 heterocycles. The smallest absolute Gasteiger partial charge is 0.305 e. The molecule has 352 valence electrons. The minimum absolute atomic E-state index is 0.0219. The maximum absolute atomic E-state index is 13.4. The highest BCUT2D eigenvalue weighted by Crippen LogP contribution is 2.08. The number of benzene rings is 1. The van der Waals surface area contributed by atoms with Crippen LogP contribution in [0.4, 0.5) is 0 Å². The van der Waals surface area contributed by atoms with E-state index in [2.05, 4.69) is 67.8 Å². The zero-order valence-electron chi connectivity index (χ0n) is 36.5. The molecule has 1 aromatic carbocycles. The molecule has 0 aliphatic heterocycles. The molecule has 0 saturated carbocycles. The lowest BCUT2D eigenvalue weighted by molar-refractivity contribution is -0.141. The molecule has 0 unspecified atom stereocenters. The van der Waals surface area contributed by atoms with Crippen molar-refractivity contribution in [3.05, 3.63) is 35.9 Å². The van der Waals surface area contributed by atoms with Gasteiger partial charge in [0, 0.05) is 17.9 Å². The first-order chi connectivity index (χ1) is 29.9. The number of Topliss-reactive ketones (excluding diaryl/α,β-unsaturated/α-hetero) is 1. The summed E-state index contributed by atoms with van der Waals surface area (Å²) in [6, 6.07) is 0.259. The summed E-state index contributed by atoms with van der Waals surface area (Å²) < 4.78 is 0. The monoisotopic (exact) mass is 940 g/mol. The number of carbonyl (C=O) groups is 10. The summed E-state index contributed by atoms with van der Waals surface area (Å²) in [7, 11) is 0. The van der Waals surface area contributed by atoms with Crippen molar-refractivity contribution in [1.82, 2.24) is 42.5 Å². The van der Waals surface area contributed by atoms with Crippen LogP contribution >= 0.6 is 37.0 Å². The number of carbonyl (C=O) groups excluding carboxylic acids is 9. The number of amides is 8. The zero-order valence-corrected chi connectivity index (χ0v) is 39.1. The Morgan fingerprint density at radius 1 is 0.603 bits per heavy atom. The first kappa shape index (κ1) is 56.2. The second-order valence-corrected chi connectivity index (χ2v) is 16.4. The van der Waals surface area contributed by atoms with Crippen LogP contribution in [0, 0.1) is 0 Å². The fraction of sp³-hybridized carbons (Fsp3) is 0.610. The Morgan fingerprint density at radius 2 is 1.08 bits per heavy atom. The van der Waals surface area contributed by atoms with Crippen LogP contribution in [-0.4, -0.2) is 136 Å². The fourth-order valence-corrected chi connectivity index (χ4v) is 6.64. The quantitative estimate of drug-likeness (QED) is 0.0342. The molecule has 0 aliphatic rings. The van der Waals surface area contributed by atoms with Crippen molar-refractivity contribution in [3.63, 3.8) is 0 Å². The maximum atomic E-state index is 13.4. The summed E-state index contributed by atoms with van der Waals surface area (Å²) in [5.74, 6) is -8.12. The number of rotatable bonds is 31. The minimum atomic E-state index is -1.73. The van der Waals surface area contributed by atoms with Crippen LogP contribution in [-0.2, 0) is 54.4 Å². The van der Waals surface area contributed by atoms with Gasteiger partial charge in [-0.1, -0.05) is 76.3 Å². The molecular weight excluding hydrogens is 877 g/mol. The molecule has 0 aliphatic carbocycles. The molecule has 0 bridgehead atoms. The van der Waals surface area contributed by atoms with Crippen LogP contribution in [0.1, 0.15) is 84.6 Å². The highest BCUT2D eigenvalue weighted by Gasteiger charge is 2.32.